The molecule has 0 aliphatic heterocycles. The molecule has 0 amide bonds. The summed E-state index contributed by atoms with van der Waals surface area (Å²) in [4.78, 5) is 4.21. The first-order valence-corrected chi connectivity index (χ1v) is 5.12. The molecule has 0 fully saturated rings. The Bertz CT molecular complexity index is 335. The van der Waals surface area contributed by atoms with E-state index in [1.165, 1.54) is 0 Å². The summed E-state index contributed by atoms with van der Waals surface area (Å²) in [5, 5.41) is 12.4. The molecule has 4 N–H and O–H groups in total. The zero-order valence-corrected chi connectivity index (χ0v) is 9.54. The minimum atomic E-state index is -0.365. The van der Waals surface area contributed by atoms with Gasteiger partial charge in [0.15, 0.2) is 0 Å². The minimum absolute atomic E-state index is 0.0541. The maximum absolute atomic E-state index is 9.26. The third-order valence-electron chi connectivity index (χ3n) is 2.60. The summed E-state index contributed by atoms with van der Waals surface area (Å²) in [7, 11) is 0. The molecule has 1 rings (SSSR count). The highest BCUT2D eigenvalue weighted by Gasteiger charge is 2.21. The molecule has 0 saturated heterocycles. The molecule has 0 aromatic carbocycles. The summed E-state index contributed by atoms with van der Waals surface area (Å²) in [6, 6.07) is 1.86. The molecule has 0 spiro atoms. The lowest BCUT2D eigenvalue weighted by Crippen LogP contribution is -2.38. The van der Waals surface area contributed by atoms with Gasteiger partial charge in [0, 0.05) is 6.20 Å². The van der Waals surface area contributed by atoms with Crippen LogP contribution in [0.1, 0.15) is 25.8 Å². The summed E-state index contributed by atoms with van der Waals surface area (Å²) >= 11 is 0. The molecule has 0 aliphatic carbocycles. The van der Waals surface area contributed by atoms with Crippen molar-refractivity contribution >= 4 is 11.5 Å². The molecule has 1 atom stereocenters. The van der Waals surface area contributed by atoms with Gasteiger partial charge in [-0.3, -0.25) is 0 Å². The van der Waals surface area contributed by atoms with Crippen LogP contribution in [-0.4, -0.2) is 22.2 Å². The van der Waals surface area contributed by atoms with Gasteiger partial charge in [-0.05, 0) is 31.9 Å². The van der Waals surface area contributed by atoms with Crippen molar-refractivity contribution in [3.05, 3.63) is 17.8 Å². The fourth-order valence-electron chi connectivity index (χ4n) is 1.22. The first-order chi connectivity index (χ1) is 7.00. The number of aliphatic hydroxyl groups is 1. The number of hydrogen-bond donors (Lipinski definition) is 3. The van der Waals surface area contributed by atoms with E-state index < -0.39 is 0 Å². The van der Waals surface area contributed by atoms with E-state index in [4.69, 9.17) is 5.73 Å². The van der Waals surface area contributed by atoms with Crippen LogP contribution in [0, 0.1) is 6.92 Å². The molecule has 4 nitrogen and oxygen atoms in total. The van der Waals surface area contributed by atoms with Crippen molar-refractivity contribution in [3.8, 4) is 0 Å². The monoisotopic (exact) mass is 209 g/mol. The number of nitrogens with zero attached hydrogens (tertiary/aromatic N) is 1. The first kappa shape index (κ1) is 11.8. The Morgan fingerprint density at radius 1 is 1.60 bits per heavy atom. The number of rotatable bonds is 4. The number of nitrogens with one attached hydrogen (secondary N) is 1. The number of aromatic nitrogens is 1. The zero-order valence-electron chi connectivity index (χ0n) is 9.54. The molecule has 84 valence electrons. The minimum Gasteiger partial charge on any atom is -0.396 e. The van der Waals surface area contributed by atoms with Crippen molar-refractivity contribution in [3.63, 3.8) is 0 Å². The Labute approximate surface area is 90.5 Å². The van der Waals surface area contributed by atoms with Crippen molar-refractivity contribution in [1.82, 2.24) is 4.98 Å². The van der Waals surface area contributed by atoms with Crippen molar-refractivity contribution in [2.45, 2.75) is 32.7 Å². The van der Waals surface area contributed by atoms with Gasteiger partial charge in [-0.2, -0.15) is 0 Å². The van der Waals surface area contributed by atoms with Gasteiger partial charge in [-0.15, -0.1) is 0 Å². The highest BCUT2D eigenvalue weighted by molar-refractivity contribution is 5.62. The van der Waals surface area contributed by atoms with Gasteiger partial charge in [0.1, 0.15) is 5.82 Å². The van der Waals surface area contributed by atoms with Crippen molar-refractivity contribution < 1.29 is 5.11 Å². The largest absolute Gasteiger partial charge is 0.396 e. The maximum Gasteiger partial charge on any atom is 0.149 e. The van der Waals surface area contributed by atoms with E-state index in [9.17, 15) is 5.11 Å². The van der Waals surface area contributed by atoms with Crippen molar-refractivity contribution in [1.29, 1.82) is 0 Å². The molecule has 0 bridgehead atoms. The van der Waals surface area contributed by atoms with Crippen LogP contribution in [-0.2, 0) is 0 Å². The maximum atomic E-state index is 9.26. The average Bonchev–Trinajstić information content (AvgIpc) is 2.22. The quantitative estimate of drug-likeness (QED) is 0.703. The fraction of sp³-hybridized carbons (Fsp3) is 0.545. The molecule has 15 heavy (non-hydrogen) atoms. The first-order valence-electron chi connectivity index (χ1n) is 5.12. The van der Waals surface area contributed by atoms with Crippen molar-refractivity contribution in [2.24, 2.45) is 0 Å². The number of aliphatic hydroxyl groups excluding tert-OH is 1. The second-order valence-electron chi connectivity index (χ2n) is 4.15. The van der Waals surface area contributed by atoms with E-state index >= 15 is 0 Å². The molecule has 0 aliphatic rings. The van der Waals surface area contributed by atoms with Gasteiger partial charge in [-0.25, -0.2) is 4.98 Å². The van der Waals surface area contributed by atoms with Gasteiger partial charge in [0.2, 0.25) is 0 Å². The molecular weight excluding hydrogens is 190 g/mol. The summed E-state index contributed by atoms with van der Waals surface area (Å²) in [5.74, 6) is 0.638. The van der Waals surface area contributed by atoms with Gasteiger partial charge < -0.3 is 16.2 Å². The number of hydrogen-bond acceptors (Lipinski definition) is 4. The van der Waals surface area contributed by atoms with Gasteiger partial charge in [0.25, 0.3) is 0 Å². The number of nitrogen functional groups attached to an aromatic ring is 1. The summed E-state index contributed by atoms with van der Waals surface area (Å²) in [6.45, 7) is 5.94. The summed E-state index contributed by atoms with van der Waals surface area (Å²) in [5.41, 5.74) is 7.11. The van der Waals surface area contributed by atoms with E-state index in [0.717, 1.165) is 12.0 Å². The van der Waals surface area contributed by atoms with Crippen LogP contribution in [0.3, 0.4) is 0 Å². The van der Waals surface area contributed by atoms with Gasteiger partial charge in [-0.1, -0.05) is 6.92 Å². The predicted octanol–water partition coefficient (Wildman–Crippen LogP) is 1.55. The van der Waals surface area contributed by atoms with Gasteiger partial charge >= 0.3 is 0 Å². The Kier molecular flexibility index (Phi) is 3.52. The molecule has 1 aromatic heterocycles. The zero-order chi connectivity index (χ0) is 11.5. The predicted molar refractivity (Wildman–Crippen MR) is 62.8 cm³/mol. The molecule has 0 saturated carbocycles. The number of nitrogens with two attached hydrogens (primary N) is 1. The van der Waals surface area contributed by atoms with E-state index in [2.05, 4.69) is 10.3 Å². The lowest BCUT2D eigenvalue weighted by atomic mass is 10.0. The highest BCUT2D eigenvalue weighted by atomic mass is 16.3. The smallest absolute Gasteiger partial charge is 0.149 e. The number of anilines is 2. The molecule has 1 heterocycles. The van der Waals surface area contributed by atoms with Crippen LogP contribution in [0.4, 0.5) is 11.5 Å². The lowest BCUT2D eigenvalue weighted by Gasteiger charge is -2.28. The van der Waals surface area contributed by atoms with Crippen LogP contribution in [0.15, 0.2) is 12.3 Å². The third kappa shape index (κ3) is 2.83. The van der Waals surface area contributed by atoms with Gasteiger partial charge in [0.05, 0.1) is 17.8 Å². The fourth-order valence-corrected chi connectivity index (χ4v) is 1.22. The standard InChI is InChI=1S/C11H19N3O/c1-4-11(3,7-15)14-10-9(12)5-8(2)6-13-10/h5-6,15H,4,7,12H2,1-3H3,(H,13,14). The highest BCUT2D eigenvalue weighted by Crippen LogP contribution is 2.22. The van der Waals surface area contributed by atoms with Crippen LogP contribution in [0.25, 0.3) is 0 Å². The molecule has 0 radical (unpaired) electrons. The van der Waals surface area contributed by atoms with E-state index in [1.54, 1.807) is 6.20 Å². The summed E-state index contributed by atoms with van der Waals surface area (Å²) in [6.07, 6.45) is 2.56. The van der Waals surface area contributed by atoms with E-state index in [-0.39, 0.29) is 12.1 Å². The second kappa shape index (κ2) is 4.49. The Morgan fingerprint density at radius 2 is 2.27 bits per heavy atom. The lowest BCUT2D eigenvalue weighted by molar-refractivity contribution is 0.218. The molecule has 4 heteroatoms. The van der Waals surface area contributed by atoms with Crippen LogP contribution in [0.5, 0.6) is 0 Å². The molecular formula is C11H19N3O. The Hall–Kier alpha value is -1.29. The SMILES string of the molecule is CCC(C)(CO)Nc1ncc(C)cc1N. The van der Waals surface area contributed by atoms with Crippen LogP contribution < -0.4 is 11.1 Å². The summed E-state index contributed by atoms with van der Waals surface area (Å²) < 4.78 is 0. The number of pyridine rings is 1. The van der Waals surface area contributed by atoms with E-state index in [1.807, 2.05) is 26.8 Å². The second-order valence-corrected chi connectivity index (χ2v) is 4.15. The third-order valence-corrected chi connectivity index (χ3v) is 2.60. The van der Waals surface area contributed by atoms with Crippen LogP contribution in [0.2, 0.25) is 0 Å². The number of aryl methyl sites for hydroxylation is 1. The average molecular weight is 209 g/mol. The molecule has 1 aromatic rings. The topological polar surface area (TPSA) is 71.2 Å². The Balaban J connectivity index is 2.89. The van der Waals surface area contributed by atoms with E-state index in [0.29, 0.717) is 11.5 Å². The molecule has 1 unspecified atom stereocenters. The normalized spacial score (nSPS) is 14.7. The van der Waals surface area contributed by atoms with Crippen molar-refractivity contribution in [2.75, 3.05) is 17.7 Å². The van der Waals surface area contributed by atoms with Crippen LogP contribution >= 0.6 is 0 Å². The Morgan fingerprint density at radius 3 is 2.73 bits per heavy atom.